The SMILES string of the molecule is OC[C@@H]1OC(O[C@H]2O[C@H](CO)[C@@H](O)[C@@H](O)[C@H]2O)[C@H](O)[C@@H](O)[C@H]1O. The Bertz CT molecular complexity index is 344. The van der Waals surface area contributed by atoms with E-state index in [-0.39, 0.29) is 0 Å². The van der Waals surface area contributed by atoms with Crippen molar-refractivity contribution in [2.24, 2.45) is 0 Å². The Labute approximate surface area is 130 Å². The molecule has 1 unspecified atom stereocenters. The molecule has 2 aliphatic heterocycles. The van der Waals surface area contributed by atoms with Gasteiger partial charge in [0.2, 0.25) is 0 Å². The molecule has 10 atom stereocenters. The van der Waals surface area contributed by atoms with Crippen molar-refractivity contribution in [2.75, 3.05) is 13.2 Å². The number of hydrogen-bond donors (Lipinski definition) is 8. The smallest absolute Gasteiger partial charge is 0.189 e. The van der Waals surface area contributed by atoms with Crippen LogP contribution in [0.15, 0.2) is 0 Å². The molecule has 2 aliphatic rings. The quantitative estimate of drug-likeness (QED) is 0.243. The molecule has 2 saturated heterocycles. The molecule has 136 valence electrons. The van der Waals surface area contributed by atoms with Crippen molar-refractivity contribution < 1.29 is 55.1 Å². The van der Waals surface area contributed by atoms with Gasteiger partial charge in [0, 0.05) is 0 Å². The van der Waals surface area contributed by atoms with E-state index in [0.717, 1.165) is 0 Å². The van der Waals surface area contributed by atoms with Gasteiger partial charge in [-0.05, 0) is 0 Å². The van der Waals surface area contributed by atoms with Gasteiger partial charge in [0.1, 0.15) is 48.8 Å². The molecule has 2 fully saturated rings. The Kier molecular flexibility index (Phi) is 6.27. The van der Waals surface area contributed by atoms with Crippen LogP contribution in [0.5, 0.6) is 0 Å². The average Bonchev–Trinajstić information content (AvgIpc) is 2.55. The normalized spacial score (nSPS) is 51.7. The number of aliphatic hydroxyl groups is 8. The first-order valence-corrected chi connectivity index (χ1v) is 7.08. The van der Waals surface area contributed by atoms with Crippen molar-refractivity contribution in [3.63, 3.8) is 0 Å². The van der Waals surface area contributed by atoms with E-state index in [1.807, 2.05) is 0 Å². The first-order valence-electron chi connectivity index (χ1n) is 7.08. The van der Waals surface area contributed by atoms with E-state index in [1.54, 1.807) is 0 Å². The van der Waals surface area contributed by atoms with E-state index >= 15 is 0 Å². The fraction of sp³-hybridized carbons (Fsp3) is 1.00. The molecular formula is C12H22O11. The van der Waals surface area contributed by atoms with Crippen LogP contribution in [-0.4, -0.2) is 115 Å². The summed E-state index contributed by atoms with van der Waals surface area (Å²) in [6, 6.07) is 0. The van der Waals surface area contributed by atoms with Crippen LogP contribution < -0.4 is 0 Å². The molecular weight excluding hydrogens is 320 g/mol. The second kappa shape index (κ2) is 7.63. The maximum atomic E-state index is 9.84. The zero-order valence-electron chi connectivity index (χ0n) is 12.0. The maximum Gasteiger partial charge on any atom is 0.189 e. The fourth-order valence-electron chi connectivity index (χ4n) is 2.49. The minimum atomic E-state index is -1.72. The molecule has 8 N–H and O–H groups in total. The zero-order chi connectivity index (χ0) is 17.3. The van der Waals surface area contributed by atoms with Crippen molar-refractivity contribution in [1.82, 2.24) is 0 Å². The first kappa shape index (κ1) is 18.9. The molecule has 2 heterocycles. The van der Waals surface area contributed by atoms with E-state index < -0.39 is 74.6 Å². The van der Waals surface area contributed by atoms with Crippen molar-refractivity contribution in [3.05, 3.63) is 0 Å². The zero-order valence-corrected chi connectivity index (χ0v) is 12.0. The van der Waals surface area contributed by atoms with Gasteiger partial charge in [0.15, 0.2) is 12.6 Å². The van der Waals surface area contributed by atoms with Gasteiger partial charge in [-0.3, -0.25) is 0 Å². The minimum absolute atomic E-state index is 0.667. The van der Waals surface area contributed by atoms with E-state index in [0.29, 0.717) is 0 Å². The summed E-state index contributed by atoms with van der Waals surface area (Å²) in [4.78, 5) is 0. The number of hydrogen-bond acceptors (Lipinski definition) is 11. The standard InChI is InChI=1S/C12H22O11/c13-1-3-5(15)7(17)9(19)11(21-3)23-12-10(20)8(18)6(16)4(2-14)22-12/h3-20H,1-2H2/t3-,4+,5-,6+,7-,8+,9-,10-,11-,12?/m1/s1. The van der Waals surface area contributed by atoms with Gasteiger partial charge in [-0.15, -0.1) is 0 Å². The summed E-state index contributed by atoms with van der Waals surface area (Å²) in [5, 5.41) is 76.4. The topological polar surface area (TPSA) is 190 Å². The average molecular weight is 342 g/mol. The van der Waals surface area contributed by atoms with Gasteiger partial charge in [0.25, 0.3) is 0 Å². The van der Waals surface area contributed by atoms with Crippen LogP contribution in [0.1, 0.15) is 0 Å². The summed E-state index contributed by atoms with van der Waals surface area (Å²) < 4.78 is 15.3. The van der Waals surface area contributed by atoms with Gasteiger partial charge in [-0.1, -0.05) is 0 Å². The predicted molar refractivity (Wildman–Crippen MR) is 68.6 cm³/mol. The molecule has 11 nitrogen and oxygen atoms in total. The van der Waals surface area contributed by atoms with Crippen LogP contribution in [0, 0.1) is 0 Å². The lowest BCUT2D eigenvalue weighted by Crippen LogP contribution is -2.63. The van der Waals surface area contributed by atoms with Crippen molar-refractivity contribution >= 4 is 0 Å². The third kappa shape index (κ3) is 3.65. The fourth-order valence-corrected chi connectivity index (χ4v) is 2.49. The molecule has 0 aromatic rings. The van der Waals surface area contributed by atoms with Gasteiger partial charge in [0.05, 0.1) is 13.2 Å². The highest BCUT2D eigenvalue weighted by Crippen LogP contribution is 2.27. The second-order valence-corrected chi connectivity index (χ2v) is 5.53. The molecule has 0 amide bonds. The molecule has 0 saturated carbocycles. The summed E-state index contributed by atoms with van der Waals surface area (Å²) in [6.07, 6.45) is -15.6. The van der Waals surface area contributed by atoms with Crippen LogP contribution in [0.3, 0.4) is 0 Å². The molecule has 11 heteroatoms. The highest BCUT2D eigenvalue weighted by molar-refractivity contribution is 4.92. The van der Waals surface area contributed by atoms with Crippen molar-refractivity contribution in [3.8, 4) is 0 Å². The highest BCUT2D eigenvalue weighted by atomic mass is 16.8. The van der Waals surface area contributed by atoms with E-state index in [9.17, 15) is 30.6 Å². The third-order valence-electron chi connectivity index (χ3n) is 3.97. The number of ether oxygens (including phenoxy) is 3. The molecule has 0 radical (unpaired) electrons. The van der Waals surface area contributed by atoms with Crippen LogP contribution in [0.25, 0.3) is 0 Å². The van der Waals surface area contributed by atoms with Gasteiger partial charge >= 0.3 is 0 Å². The van der Waals surface area contributed by atoms with Crippen molar-refractivity contribution in [2.45, 2.75) is 61.4 Å². The molecule has 0 spiro atoms. The lowest BCUT2D eigenvalue weighted by molar-refractivity contribution is -0.376. The van der Waals surface area contributed by atoms with Crippen LogP contribution in [0.4, 0.5) is 0 Å². The van der Waals surface area contributed by atoms with Gasteiger partial charge in [-0.25, -0.2) is 0 Å². The van der Waals surface area contributed by atoms with Crippen LogP contribution >= 0.6 is 0 Å². The lowest BCUT2D eigenvalue weighted by atomic mass is 9.98. The molecule has 0 bridgehead atoms. The van der Waals surface area contributed by atoms with Gasteiger partial charge in [-0.2, -0.15) is 0 Å². The van der Waals surface area contributed by atoms with Crippen molar-refractivity contribution in [1.29, 1.82) is 0 Å². The number of aliphatic hydroxyl groups excluding tert-OH is 8. The van der Waals surface area contributed by atoms with Gasteiger partial charge < -0.3 is 55.1 Å². The Balaban J connectivity index is 2.07. The van der Waals surface area contributed by atoms with E-state index in [1.165, 1.54) is 0 Å². The molecule has 23 heavy (non-hydrogen) atoms. The first-order chi connectivity index (χ1) is 10.8. The molecule has 2 rings (SSSR count). The highest BCUT2D eigenvalue weighted by Gasteiger charge is 2.49. The Morgan fingerprint density at radius 3 is 1.22 bits per heavy atom. The molecule has 0 aromatic carbocycles. The maximum absolute atomic E-state index is 9.84. The summed E-state index contributed by atoms with van der Waals surface area (Å²) in [6.45, 7) is -1.33. The lowest BCUT2D eigenvalue weighted by Gasteiger charge is -2.44. The monoisotopic (exact) mass is 342 g/mol. The number of rotatable bonds is 4. The second-order valence-electron chi connectivity index (χ2n) is 5.53. The summed E-state index contributed by atoms with van der Waals surface area (Å²) >= 11 is 0. The van der Waals surface area contributed by atoms with E-state index in [2.05, 4.69) is 0 Å². The van der Waals surface area contributed by atoms with Crippen LogP contribution in [0.2, 0.25) is 0 Å². The van der Waals surface area contributed by atoms with E-state index in [4.69, 9.17) is 24.4 Å². The Hall–Kier alpha value is -0.440. The summed E-state index contributed by atoms with van der Waals surface area (Å²) in [5.74, 6) is 0. The minimum Gasteiger partial charge on any atom is -0.394 e. The largest absolute Gasteiger partial charge is 0.394 e. The Morgan fingerprint density at radius 2 is 0.913 bits per heavy atom. The summed E-state index contributed by atoms with van der Waals surface area (Å²) in [5.41, 5.74) is 0. The Morgan fingerprint density at radius 1 is 0.565 bits per heavy atom. The van der Waals surface area contributed by atoms with Crippen LogP contribution in [-0.2, 0) is 14.2 Å². The summed E-state index contributed by atoms with van der Waals surface area (Å²) in [7, 11) is 0. The third-order valence-corrected chi connectivity index (χ3v) is 3.97. The molecule has 0 aliphatic carbocycles. The predicted octanol–water partition coefficient (Wildman–Crippen LogP) is -5.40. The molecule has 0 aromatic heterocycles.